The van der Waals surface area contributed by atoms with Gasteiger partial charge in [-0.15, -0.1) is 0 Å². The van der Waals surface area contributed by atoms with Gasteiger partial charge in [0.25, 0.3) is 0 Å². The Morgan fingerprint density at radius 3 is 2.14 bits per heavy atom. The van der Waals surface area contributed by atoms with E-state index in [1.54, 1.807) is 0 Å². The highest BCUT2D eigenvalue weighted by molar-refractivity contribution is 5.67. The van der Waals surface area contributed by atoms with Gasteiger partial charge in [0.05, 0.1) is 0 Å². The SMILES string of the molecule is CCC12C=CC=C[N+]1(c1c(C(C)C)cc(C)cc1C(C)C)N2. The van der Waals surface area contributed by atoms with E-state index in [-0.39, 0.29) is 5.66 Å². The number of fused-ring (bicyclic) bond motifs is 1. The Kier molecular flexibility index (Phi) is 3.58. The minimum atomic E-state index is 0.0529. The molecule has 0 radical (unpaired) electrons. The fourth-order valence-electron chi connectivity index (χ4n) is 3.90. The van der Waals surface area contributed by atoms with Gasteiger partial charge in [-0.05, 0) is 43.0 Å². The third-order valence-corrected chi connectivity index (χ3v) is 5.19. The number of hydrogen-bond donors (Lipinski definition) is 1. The Hall–Kier alpha value is -1.38. The van der Waals surface area contributed by atoms with Crippen molar-refractivity contribution >= 4 is 5.69 Å². The Morgan fingerprint density at radius 2 is 1.64 bits per heavy atom. The molecular formula is C20H29N2+. The molecule has 118 valence electrons. The predicted molar refractivity (Wildman–Crippen MR) is 95.6 cm³/mol. The summed E-state index contributed by atoms with van der Waals surface area (Å²) in [5, 5.41) is 0. The average molecular weight is 297 g/mol. The zero-order valence-electron chi connectivity index (χ0n) is 14.8. The van der Waals surface area contributed by atoms with Crippen LogP contribution in [0.3, 0.4) is 0 Å². The fourth-order valence-corrected chi connectivity index (χ4v) is 3.90. The largest absolute Gasteiger partial charge is 0.241 e. The van der Waals surface area contributed by atoms with Gasteiger partial charge < -0.3 is 0 Å². The highest BCUT2D eigenvalue weighted by Crippen LogP contribution is 2.53. The number of benzene rings is 1. The molecule has 2 unspecified atom stereocenters. The molecule has 0 saturated carbocycles. The van der Waals surface area contributed by atoms with E-state index in [9.17, 15) is 0 Å². The van der Waals surface area contributed by atoms with Gasteiger partial charge in [0.1, 0.15) is 6.20 Å². The molecule has 22 heavy (non-hydrogen) atoms. The van der Waals surface area contributed by atoms with Crippen LogP contribution in [0.25, 0.3) is 0 Å². The van der Waals surface area contributed by atoms with Crippen LogP contribution in [0.2, 0.25) is 0 Å². The van der Waals surface area contributed by atoms with E-state index >= 15 is 0 Å². The van der Waals surface area contributed by atoms with Crippen LogP contribution in [0.1, 0.15) is 69.6 Å². The summed E-state index contributed by atoms with van der Waals surface area (Å²) in [4.78, 5) is 0. The summed E-state index contributed by atoms with van der Waals surface area (Å²) in [5.74, 6) is 1.05. The minimum Gasteiger partial charge on any atom is -0.157 e. The van der Waals surface area contributed by atoms with Crippen LogP contribution in [0.4, 0.5) is 5.69 Å². The number of nitrogens with one attached hydrogen (secondary N) is 1. The summed E-state index contributed by atoms with van der Waals surface area (Å²) < 4.78 is 0.793. The van der Waals surface area contributed by atoms with E-state index in [1.807, 2.05) is 0 Å². The minimum absolute atomic E-state index is 0.0529. The van der Waals surface area contributed by atoms with Crippen molar-refractivity contribution in [2.45, 2.75) is 65.5 Å². The van der Waals surface area contributed by atoms with Crippen molar-refractivity contribution in [3.05, 3.63) is 53.3 Å². The van der Waals surface area contributed by atoms with Crippen LogP contribution in [-0.2, 0) is 0 Å². The van der Waals surface area contributed by atoms with Gasteiger partial charge in [0.2, 0.25) is 5.66 Å². The lowest BCUT2D eigenvalue weighted by atomic mass is 9.89. The number of rotatable bonds is 4. The number of hydrogen-bond acceptors (Lipinski definition) is 1. The molecule has 1 N–H and O–H groups in total. The Bertz CT molecular complexity index is 625. The second kappa shape index (κ2) is 5.07. The number of nitrogens with zero attached hydrogens (tertiary/aromatic N) is 1. The van der Waals surface area contributed by atoms with Crippen LogP contribution in [-0.4, -0.2) is 5.66 Å². The molecule has 1 fully saturated rings. The molecule has 2 nitrogen and oxygen atoms in total. The smallest absolute Gasteiger partial charge is 0.157 e. The van der Waals surface area contributed by atoms with Crippen LogP contribution in [0.15, 0.2) is 36.6 Å². The topological polar surface area (TPSA) is 21.9 Å². The zero-order chi connectivity index (χ0) is 16.1. The number of aryl methyl sites for hydroxylation is 1. The first-order valence-electron chi connectivity index (χ1n) is 8.57. The second-order valence-electron chi connectivity index (χ2n) is 7.41. The first-order valence-corrected chi connectivity index (χ1v) is 8.57. The summed E-state index contributed by atoms with van der Waals surface area (Å²) in [6, 6.07) is 4.76. The van der Waals surface area contributed by atoms with Crippen molar-refractivity contribution in [1.29, 1.82) is 0 Å². The van der Waals surface area contributed by atoms with Crippen LogP contribution >= 0.6 is 0 Å². The molecule has 1 aromatic carbocycles. The van der Waals surface area contributed by atoms with Crippen LogP contribution < -0.4 is 10.0 Å². The summed E-state index contributed by atoms with van der Waals surface area (Å²) >= 11 is 0. The van der Waals surface area contributed by atoms with Gasteiger partial charge in [-0.25, -0.2) is 0 Å². The van der Waals surface area contributed by atoms with Crippen LogP contribution in [0, 0.1) is 6.92 Å². The number of quaternary nitrogens is 1. The molecule has 1 saturated heterocycles. The standard InChI is InChI=1S/C20H29N2/c1-7-20-10-8-9-11-22(20,21-20)19-17(14(2)3)12-16(6)13-18(19)15(4)5/h8-15,21H,7H2,1-6H3/q+1. The lowest BCUT2D eigenvalue weighted by Crippen LogP contribution is -2.34. The molecule has 0 amide bonds. The van der Waals surface area contributed by atoms with Crippen molar-refractivity contribution in [2.24, 2.45) is 0 Å². The second-order valence-corrected chi connectivity index (χ2v) is 7.41. The van der Waals surface area contributed by atoms with Crippen molar-refractivity contribution in [2.75, 3.05) is 0 Å². The van der Waals surface area contributed by atoms with E-state index in [0.29, 0.717) is 11.8 Å². The highest BCUT2D eigenvalue weighted by Gasteiger charge is 2.70. The van der Waals surface area contributed by atoms with Crippen molar-refractivity contribution in [3.63, 3.8) is 0 Å². The molecule has 3 rings (SSSR count). The molecule has 2 aliphatic rings. The van der Waals surface area contributed by atoms with Crippen molar-refractivity contribution < 1.29 is 0 Å². The molecule has 2 aliphatic heterocycles. The van der Waals surface area contributed by atoms with Gasteiger partial charge in [-0.1, -0.05) is 51.7 Å². The lowest BCUT2D eigenvalue weighted by molar-refractivity contribution is 0.525. The highest BCUT2D eigenvalue weighted by atomic mass is 15.9. The summed E-state index contributed by atoms with van der Waals surface area (Å²) in [5.41, 5.74) is 9.65. The van der Waals surface area contributed by atoms with Gasteiger partial charge >= 0.3 is 0 Å². The van der Waals surface area contributed by atoms with E-state index in [0.717, 1.165) is 11.0 Å². The third-order valence-electron chi connectivity index (χ3n) is 5.19. The van der Waals surface area contributed by atoms with E-state index in [4.69, 9.17) is 0 Å². The quantitative estimate of drug-likeness (QED) is 0.594. The molecule has 2 atom stereocenters. The van der Waals surface area contributed by atoms with E-state index in [1.165, 1.54) is 22.4 Å². The number of allylic oxidation sites excluding steroid dienone is 2. The van der Waals surface area contributed by atoms with Gasteiger partial charge in [0.15, 0.2) is 5.69 Å². The van der Waals surface area contributed by atoms with Crippen molar-refractivity contribution in [1.82, 2.24) is 10.0 Å². The molecule has 2 heterocycles. The first-order chi connectivity index (χ1) is 10.4. The summed E-state index contributed by atoms with van der Waals surface area (Å²) in [6.07, 6.45) is 10.1. The normalized spacial score (nSPS) is 29.3. The predicted octanol–water partition coefficient (Wildman–Crippen LogP) is 5.26. The zero-order valence-corrected chi connectivity index (χ0v) is 14.8. The van der Waals surface area contributed by atoms with Crippen LogP contribution in [0.5, 0.6) is 0 Å². The maximum absolute atomic E-state index is 3.80. The third kappa shape index (κ3) is 2.01. The van der Waals surface area contributed by atoms with Gasteiger partial charge in [-0.3, -0.25) is 0 Å². The lowest BCUT2D eigenvalue weighted by Gasteiger charge is -2.26. The van der Waals surface area contributed by atoms with E-state index in [2.05, 4.69) is 83.5 Å². The molecule has 0 spiro atoms. The average Bonchev–Trinajstić information content (AvgIpc) is 3.16. The van der Waals surface area contributed by atoms with Gasteiger partial charge in [0, 0.05) is 17.5 Å². The Balaban J connectivity index is 2.27. The monoisotopic (exact) mass is 297 g/mol. The van der Waals surface area contributed by atoms with E-state index < -0.39 is 0 Å². The maximum atomic E-state index is 3.80. The maximum Gasteiger partial charge on any atom is 0.241 e. The first kappa shape index (κ1) is 15.5. The fraction of sp³-hybridized carbons (Fsp3) is 0.500. The molecule has 0 aliphatic carbocycles. The Morgan fingerprint density at radius 1 is 1.05 bits per heavy atom. The molecule has 0 bridgehead atoms. The molecular weight excluding hydrogens is 268 g/mol. The molecule has 0 aromatic heterocycles. The van der Waals surface area contributed by atoms with Gasteiger partial charge in [-0.2, -0.15) is 4.59 Å². The van der Waals surface area contributed by atoms with Crippen molar-refractivity contribution in [3.8, 4) is 0 Å². The Labute approximate surface area is 135 Å². The summed E-state index contributed by atoms with van der Waals surface area (Å²) in [6.45, 7) is 13.7. The molecule has 1 aromatic rings. The summed E-state index contributed by atoms with van der Waals surface area (Å²) in [7, 11) is 0. The molecule has 2 heteroatoms.